The molecule has 0 unspecified atom stereocenters. The fourth-order valence-corrected chi connectivity index (χ4v) is 0. The van der Waals surface area contributed by atoms with Crippen LogP contribution in [-0.2, 0) is 3.83 Å². The van der Waals surface area contributed by atoms with Crippen molar-refractivity contribution in [2.24, 2.45) is 0 Å². The maximum absolute atomic E-state index is 8.47. The minimum absolute atomic E-state index is 0. The monoisotopic (exact) mass is 136 g/mol. The summed E-state index contributed by atoms with van der Waals surface area (Å²) in [6.45, 7) is 0. The Morgan fingerprint density at radius 2 is 1.75 bits per heavy atom. The second-order valence-corrected chi connectivity index (χ2v) is 0.387. The molecule has 2 nitrogen and oxygen atoms in total. The number of hydrogen-bond donors (Lipinski definition) is 0. The molecule has 4 heavy (non-hydrogen) atoms. The molecule has 0 amide bonds. The molecule has 0 fully saturated rings. The van der Waals surface area contributed by atoms with E-state index >= 15 is 0 Å². The van der Waals surface area contributed by atoms with Gasteiger partial charge < -0.3 is 0 Å². The zero-order valence-electron chi connectivity index (χ0n) is 2.26. The fourth-order valence-electron chi connectivity index (χ4n) is 0. The third-order valence-electron chi connectivity index (χ3n) is 0. The van der Waals surface area contributed by atoms with Crippen molar-refractivity contribution < 1.29 is 37.6 Å². The molecule has 0 radical (unpaired) electrons. The van der Waals surface area contributed by atoms with E-state index < -0.39 is 15.2 Å². The quantitative estimate of drug-likeness (QED) is 0.312. The summed E-state index contributed by atoms with van der Waals surface area (Å²) >= 11 is -1.81. The summed E-state index contributed by atoms with van der Waals surface area (Å²) in [5, 5.41) is 0. The van der Waals surface area contributed by atoms with E-state index in [0.29, 0.717) is 0 Å². The normalized spacial score (nSPS) is 4.25. The number of hydrogen-bond acceptors (Lipinski definition) is 2. The molecule has 0 atom stereocenters. The first-order valence-corrected chi connectivity index (χ1v) is 1.90. The summed E-state index contributed by atoms with van der Waals surface area (Å²) in [5.74, 6) is 0. The van der Waals surface area contributed by atoms with Crippen LogP contribution < -0.4 is 33.7 Å². The van der Waals surface area contributed by atoms with Gasteiger partial charge in [-0.25, -0.2) is 0 Å². The van der Waals surface area contributed by atoms with Crippen molar-refractivity contribution in [1.29, 1.82) is 0 Å². The molecule has 0 N–H and O–H groups in total. The smallest absolute Gasteiger partial charge is 1.00 e. The molecule has 0 spiro atoms. The van der Waals surface area contributed by atoms with Gasteiger partial charge in [-0.15, -0.1) is 0 Å². The van der Waals surface area contributed by atoms with E-state index in [4.69, 9.17) is 8.02 Å². The van der Waals surface area contributed by atoms with Gasteiger partial charge in [0, 0.05) is 0 Å². The van der Waals surface area contributed by atoms with Gasteiger partial charge in [0.05, 0.1) is 0 Å². The van der Waals surface area contributed by atoms with E-state index in [1.807, 2.05) is 0 Å². The van der Waals surface area contributed by atoms with E-state index in [-0.39, 0.29) is 29.6 Å². The van der Waals surface area contributed by atoms with Gasteiger partial charge in [-0.3, -0.25) is 0 Å². The van der Waals surface area contributed by atoms with Crippen LogP contribution in [0.15, 0.2) is 0 Å². The summed E-state index contributed by atoms with van der Waals surface area (Å²) < 4.78 is 16.9. The SMILES string of the molecule is O=[SeH][O-].[Na+]. The molecular weight excluding hydrogens is 134 g/mol. The third-order valence-corrected chi connectivity index (χ3v) is 0. The topological polar surface area (TPSA) is 40.1 Å². The minimum atomic E-state index is -1.81. The molecule has 0 bridgehead atoms. The van der Waals surface area contributed by atoms with Crippen molar-refractivity contribution in [3.05, 3.63) is 0 Å². The van der Waals surface area contributed by atoms with Crippen LogP contribution in [0.5, 0.6) is 0 Å². The summed E-state index contributed by atoms with van der Waals surface area (Å²) in [5.41, 5.74) is 0. The number of rotatable bonds is 0. The van der Waals surface area contributed by atoms with E-state index in [1.54, 1.807) is 0 Å². The van der Waals surface area contributed by atoms with Crippen molar-refractivity contribution in [2.45, 2.75) is 0 Å². The molecule has 0 saturated carbocycles. The molecule has 0 aliphatic carbocycles. The maximum Gasteiger partial charge on any atom is 1.00 e. The van der Waals surface area contributed by atoms with Gasteiger partial charge in [0.15, 0.2) is 0 Å². The van der Waals surface area contributed by atoms with Gasteiger partial charge in [0.1, 0.15) is 0 Å². The Morgan fingerprint density at radius 3 is 1.75 bits per heavy atom. The molecule has 4 heteroatoms. The minimum Gasteiger partial charge on any atom is 1.00 e. The van der Waals surface area contributed by atoms with Crippen LogP contribution in [0.3, 0.4) is 0 Å². The van der Waals surface area contributed by atoms with Gasteiger partial charge in [-0.1, -0.05) is 0 Å². The van der Waals surface area contributed by atoms with Crippen LogP contribution in [0, 0.1) is 0 Å². The first-order valence-electron chi connectivity index (χ1n) is 0.365. The van der Waals surface area contributed by atoms with Crippen molar-refractivity contribution in [3.63, 3.8) is 0 Å². The van der Waals surface area contributed by atoms with Gasteiger partial charge in [-0.05, 0) is 0 Å². The molecule has 0 rings (SSSR count). The van der Waals surface area contributed by atoms with Gasteiger partial charge in [-0.2, -0.15) is 0 Å². The second kappa shape index (κ2) is 8.86. The molecule has 0 heterocycles. The zero-order valence-corrected chi connectivity index (χ0v) is 6.14. The van der Waals surface area contributed by atoms with E-state index in [9.17, 15) is 0 Å². The molecule has 0 aromatic carbocycles. The van der Waals surface area contributed by atoms with Gasteiger partial charge in [0.25, 0.3) is 0 Å². The van der Waals surface area contributed by atoms with Crippen LogP contribution in [0.2, 0.25) is 0 Å². The second-order valence-electron chi connectivity index (χ2n) is 0.0745. The van der Waals surface area contributed by atoms with Crippen molar-refractivity contribution in [3.8, 4) is 0 Å². The Kier molecular flexibility index (Phi) is 19.9. The Bertz CT molecular complexity index is 13.5. The zero-order chi connectivity index (χ0) is 2.71. The predicted octanol–water partition coefficient (Wildman–Crippen LogP) is -4.95. The Morgan fingerprint density at radius 1 is 1.75 bits per heavy atom. The van der Waals surface area contributed by atoms with Crippen LogP contribution in [0.25, 0.3) is 0 Å². The summed E-state index contributed by atoms with van der Waals surface area (Å²) in [6, 6.07) is 0. The van der Waals surface area contributed by atoms with Crippen LogP contribution in [0.4, 0.5) is 0 Å². The summed E-state index contributed by atoms with van der Waals surface area (Å²) in [4.78, 5) is 0. The van der Waals surface area contributed by atoms with Crippen molar-refractivity contribution in [1.82, 2.24) is 0 Å². The largest absolute Gasteiger partial charge is 1.00 e. The Balaban J connectivity index is 0. The van der Waals surface area contributed by atoms with Gasteiger partial charge in [0.2, 0.25) is 0 Å². The van der Waals surface area contributed by atoms with E-state index in [0.717, 1.165) is 0 Å². The van der Waals surface area contributed by atoms with Gasteiger partial charge >= 0.3 is 52.8 Å². The first-order chi connectivity index (χ1) is 1.41. The van der Waals surface area contributed by atoms with Crippen molar-refractivity contribution in [2.75, 3.05) is 0 Å². The van der Waals surface area contributed by atoms with Crippen LogP contribution in [0.1, 0.15) is 0 Å². The Hall–Kier alpha value is 1.28. The first kappa shape index (κ1) is 8.99. The Labute approximate surface area is 52.6 Å². The molecule has 20 valence electrons. The maximum atomic E-state index is 8.47. The van der Waals surface area contributed by atoms with E-state index in [2.05, 4.69) is 0 Å². The molecule has 0 saturated heterocycles. The fraction of sp³-hybridized carbons (Fsp3) is 0. The average molecular weight is 135 g/mol. The van der Waals surface area contributed by atoms with E-state index in [1.165, 1.54) is 0 Å². The molecule has 0 aromatic rings. The molecule has 0 aliphatic rings. The molecular formula is HNaO2Se. The third kappa shape index (κ3) is 10.4. The summed E-state index contributed by atoms with van der Waals surface area (Å²) in [6.07, 6.45) is 0. The molecule has 0 aliphatic heterocycles. The standard InChI is InChI=1S/Na.H2O2Se/c;1-3-2/h;3H,(H,1,2)/q+1;/p-1. The van der Waals surface area contributed by atoms with Crippen LogP contribution in [-0.4, -0.2) is 15.2 Å². The predicted molar refractivity (Wildman–Crippen MR) is 7.84 cm³/mol. The molecule has 0 aromatic heterocycles. The van der Waals surface area contributed by atoms with Crippen molar-refractivity contribution >= 4 is 15.2 Å². The van der Waals surface area contributed by atoms with Crippen LogP contribution >= 0.6 is 0 Å². The average Bonchev–Trinajstić information content (AvgIpc) is 0.918. The summed E-state index contributed by atoms with van der Waals surface area (Å²) in [7, 11) is 0.